The normalized spacial score (nSPS) is 13.4. The summed E-state index contributed by atoms with van der Waals surface area (Å²) < 4.78 is 0. The number of benzene rings is 6. The van der Waals surface area contributed by atoms with Gasteiger partial charge in [0, 0.05) is 46.1 Å². The Kier molecular flexibility index (Phi) is 8.62. The van der Waals surface area contributed by atoms with Crippen LogP contribution < -0.4 is 0 Å². The van der Waals surface area contributed by atoms with Crippen LogP contribution in [0.3, 0.4) is 0 Å². The van der Waals surface area contributed by atoms with Gasteiger partial charge in [-0.2, -0.15) is 0 Å². The van der Waals surface area contributed by atoms with E-state index in [1.54, 1.807) is 0 Å². The van der Waals surface area contributed by atoms with Gasteiger partial charge in [0.15, 0.2) is 5.82 Å². The largest absolute Gasteiger partial charge is 0.256 e. The lowest BCUT2D eigenvalue weighted by Crippen LogP contribution is -2.06. The molecule has 0 saturated carbocycles. The van der Waals surface area contributed by atoms with Crippen molar-refractivity contribution in [2.24, 2.45) is 0 Å². The van der Waals surface area contributed by atoms with Gasteiger partial charge in [-0.1, -0.05) is 146 Å². The maximum absolute atomic E-state index is 5.34. The smallest absolute Gasteiger partial charge is 0.160 e. The molecular weight excluding hydrogens is 681 g/mol. The van der Waals surface area contributed by atoms with Gasteiger partial charge < -0.3 is 0 Å². The molecule has 0 radical (unpaired) electrons. The summed E-state index contributed by atoms with van der Waals surface area (Å²) in [6, 6.07) is 62.0. The van der Waals surface area contributed by atoms with E-state index in [9.17, 15) is 0 Å². The van der Waals surface area contributed by atoms with E-state index in [2.05, 4.69) is 162 Å². The van der Waals surface area contributed by atoms with Crippen molar-refractivity contribution < 1.29 is 0 Å². The lowest BCUT2D eigenvalue weighted by molar-refractivity contribution is 0.820. The Morgan fingerprint density at radius 1 is 0.429 bits per heavy atom. The van der Waals surface area contributed by atoms with Gasteiger partial charge in [0.25, 0.3) is 0 Å². The highest BCUT2D eigenvalue weighted by atomic mass is 14.9. The molecule has 0 amide bonds. The Labute approximate surface area is 326 Å². The van der Waals surface area contributed by atoms with Crippen LogP contribution in [0.25, 0.3) is 84.4 Å². The lowest BCUT2D eigenvalue weighted by atomic mass is 9.80. The monoisotopic (exact) mass is 716 g/mol. The zero-order chi connectivity index (χ0) is 37.3. The summed E-state index contributed by atoms with van der Waals surface area (Å²) in [6.45, 7) is 0. The number of fused-ring (bicyclic) bond motifs is 2. The Bertz CT molecular complexity index is 2760. The summed E-state index contributed by atoms with van der Waals surface area (Å²) in [7, 11) is 0. The molecule has 0 N–H and O–H groups in total. The SMILES string of the molecule is C1=Cc2ccccc2C(c2cc(-c3nc(-c4ccc(-c5ccccn5)cc4)cc(-c4ccc(-c5ccccn5)cc4)n3)cc(-c3cccc4ccccc34)c2)C1. The minimum atomic E-state index is 0.200. The highest BCUT2D eigenvalue weighted by Crippen LogP contribution is 2.40. The number of hydrogen-bond acceptors (Lipinski definition) is 4. The molecule has 0 spiro atoms. The Morgan fingerprint density at radius 2 is 1.00 bits per heavy atom. The molecule has 0 bridgehead atoms. The zero-order valence-corrected chi connectivity index (χ0v) is 30.6. The Morgan fingerprint density at radius 3 is 1.66 bits per heavy atom. The van der Waals surface area contributed by atoms with Crippen molar-refractivity contribution in [1.82, 2.24) is 19.9 Å². The van der Waals surface area contributed by atoms with E-state index in [1.165, 1.54) is 33.0 Å². The van der Waals surface area contributed by atoms with Crippen molar-refractivity contribution in [3.05, 3.63) is 211 Å². The van der Waals surface area contributed by atoms with Crippen LogP contribution in [0.5, 0.6) is 0 Å². The molecule has 6 aromatic carbocycles. The van der Waals surface area contributed by atoms with E-state index in [0.29, 0.717) is 5.82 Å². The maximum atomic E-state index is 5.34. The minimum absolute atomic E-state index is 0.200. The zero-order valence-electron chi connectivity index (χ0n) is 30.6. The van der Waals surface area contributed by atoms with Gasteiger partial charge in [0.1, 0.15) is 0 Å². The van der Waals surface area contributed by atoms with Crippen molar-refractivity contribution >= 4 is 16.8 Å². The van der Waals surface area contributed by atoms with Gasteiger partial charge in [-0.3, -0.25) is 9.97 Å². The van der Waals surface area contributed by atoms with Gasteiger partial charge in [0.05, 0.1) is 22.8 Å². The molecule has 0 fully saturated rings. The van der Waals surface area contributed by atoms with Crippen LogP contribution in [-0.4, -0.2) is 19.9 Å². The van der Waals surface area contributed by atoms with E-state index < -0.39 is 0 Å². The Hall–Kier alpha value is -7.30. The third-order valence-electron chi connectivity index (χ3n) is 10.8. The molecule has 1 atom stereocenters. The number of hydrogen-bond donors (Lipinski definition) is 0. The fourth-order valence-electron chi connectivity index (χ4n) is 7.93. The lowest BCUT2D eigenvalue weighted by Gasteiger charge is -2.24. The molecule has 4 nitrogen and oxygen atoms in total. The minimum Gasteiger partial charge on any atom is -0.256 e. The van der Waals surface area contributed by atoms with Crippen LogP contribution in [0.2, 0.25) is 0 Å². The van der Waals surface area contributed by atoms with E-state index in [4.69, 9.17) is 9.97 Å². The topological polar surface area (TPSA) is 51.6 Å². The number of rotatable bonds is 7. The number of pyridine rings is 2. The molecule has 3 heterocycles. The molecule has 10 rings (SSSR count). The average molecular weight is 717 g/mol. The molecule has 56 heavy (non-hydrogen) atoms. The predicted octanol–water partition coefficient (Wildman–Crippen LogP) is 13.0. The molecule has 4 heteroatoms. The predicted molar refractivity (Wildman–Crippen MR) is 230 cm³/mol. The third kappa shape index (κ3) is 6.48. The second-order valence-corrected chi connectivity index (χ2v) is 14.2. The molecule has 0 saturated heterocycles. The van der Waals surface area contributed by atoms with Crippen molar-refractivity contribution in [2.45, 2.75) is 12.3 Å². The molecular formula is C52H36N4. The van der Waals surface area contributed by atoms with Crippen LogP contribution >= 0.6 is 0 Å². The summed E-state index contributed by atoms with van der Waals surface area (Å²) in [4.78, 5) is 19.8. The van der Waals surface area contributed by atoms with Crippen LogP contribution in [0.1, 0.15) is 29.0 Å². The van der Waals surface area contributed by atoms with Crippen molar-refractivity contribution in [1.29, 1.82) is 0 Å². The molecule has 9 aromatic rings. The van der Waals surface area contributed by atoms with Crippen molar-refractivity contribution in [3.8, 4) is 67.5 Å². The summed E-state index contributed by atoms with van der Waals surface area (Å²) in [6.07, 6.45) is 9.13. The number of allylic oxidation sites excluding steroid dienone is 1. The molecule has 3 aromatic heterocycles. The molecule has 1 unspecified atom stereocenters. The first-order valence-electron chi connectivity index (χ1n) is 19.1. The van der Waals surface area contributed by atoms with Crippen LogP contribution in [0.15, 0.2) is 194 Å². The van der Waals surface area contributed by atoms with E-state index >= 15 is 0 Å². The molecule has 264 valence electrons. The first kappa shape index (κ1) is 33.3. The van der Waals surface area contributed by atoms with Gasteiger partial charge in [-0.15, -0.1) is 0 Å². The average Bonchev–Trinajstić information content (AvgIpc) is 3.29. The van der Waals surface area contributed by atoms with E-state index in [-0.39, 0.29) is 5.92 Å². The summed E-state index contributed by atoms with van der Waals surface area (Å²) in [5.74, 6) is 0.883. The van der Waals surface area contributed by atoms with Gasteiger partial charge >= 0.3 is 0 Å². The standard InChI is InChI=1S/C52H36N4/c1-3-15-44-35(11-1)13-9-17-46(44)41-31-42(47-18-10-14-36-12-2-4-16-45(36)47)33-43(32-41)52-55-50(39-25-21-37(22-26-39)48-19-5-7-29-53-48)34-51(56-52)40-27-23-38(24-28-40)49-20-6-8-30-54-49/h1-17,19-34,47H,18H2. The van der Waals surface area contributed by atoms with Gasteiger partial charge in [-0.05, 0) is 87.5 Å². The molecule has 0 aliphatic heterocycles. The molecule has 1 aliphatic carbocycles. The van der Waals surface area contributed by atoms with Crippen molar-refractivity contribution in [2.75, 3.05) is 0 Å². The fourth-order valence-corrected chi connectivity index (χ4v) is 7.93. The molecule has 1 aliphatic rings. The Balaban J connectivity index is 1.16. The summed E-state index contributed by atoms with van der Waals surface area (Å²) in [5.41, 5.74) is 14.9. The number of nitrogens with zero attached hydrogens (tertiary/aromatic N) is 4. The maximum Gasteiger partial charge on any atom is 0.160 e. The van der Waals surface area contributed by atoms with Crippen LogP contribution in [0.4, 0.5) is 0 Å². The van der Waals surface area contributed by atoms with Crippen molar-refractivity contribution in [3.63, 3.8) is 0 Å². The first-order chi connectivity index (χ1) is 27.7. The third-order valence-corrected chi connectivity index (χ3v) is 10.8. The van der Waals surface area contributed by atoms with E-state index in [1.807, 2.05) is 48.8 Å². The van der Waals surface area contributed by atoms with Crippen LogP contribution in [-0.2, 0) is 0 Å². The fraction of sp³-hybridized carbons (Fsp3) is 0.0385. The second kappa shape index (κ2) is 14.5. The second-order valence-electron chi connectivity index (χ2n) is 14.2. The van der Waals surface area contributed by atoms with Gasteiger partial charge in [-0.25, -0.2) is 9.97 Å². The quantitative estimate of drug-likeness (QED) is 0.165. The highest BCUT2D eigenvalue weighted by Gasteiger charge is 2.22. The van der Waals surface area contributed by atoms with E-state index in [0.717, 1.165) is 62.6 Å². The highest BCUT2D eigenvalue weighted by molar-refractivity contribution is 5.97. The number of aromatic nitrogens is 4. The first-order valence-corrected chi connectivity index (χ1v) is 19.1. The van der Waals surface area contributed by atoms with Crippen LogP contribution in [0, 0.1) is 0 Å². The summed E-state index contributed by atoms with van der Waals surface area (Å²) in [5, 5.41) is 2.44. The summed E-state index contributed by atoms with van der Waals surface area (Å²) >= 11 is 0. The van der Waals surface area contributed by atoms with Gasteiger partial charge in [0.2, 0.25) is 0 Å².